The molecule has 3 rings (SSSR count). The van der Waals surface area contributed by atoms with Crippen LogP contribution >= 0.6 is 0 Å². The van der Waals surface area contributed by atoms with Crippen LogP contribution < -0.4 is 10.1 Å². The molecule has 2 aromatic rings. The number of fused-ring (bicyclic) bond motifs is 1. The summed E-state index contributed by atoms with van der Waals surface area (Å²) in [6.45, 7) is 3.75. The normalized spacial score (nSPS) is 13.5. The molecule has 0 unspecified atom stereocenters. The third kappa shape index (κ3) is 2.85. The standard InChI is InChI=1S/C17H20N2O3/c1-11-12(4-3-5-16(11)21-2)9-18-17(20)15-8-13-10-22-7-6-14(13)19-15/h3-5,8,19H,6-7,9-10H2,1-2H3,(H,18,20). The zero-order valence-corrected chi connectivity index (χ0v) is 12.9. The van der Waals surface area contributed by atoms with Crippen molar-refractivity contribution in [2.45, 2.75) is 26.5 Å². The summed E-state index contributed by atoms with van der Waals surface area (Å²) in [5.41, 5.74) is 4.87. The molecule has 2 N–H and O–H groups in total. The summed E-state index contributed by atoms with van der Waals surface area (Å²) in [5, 5.41) is 2.95. The predicted molar refractivity (Wildman–Crippen MR) is 83.1 cm³/mol. The number of amides is 1. The molecule has 0 radical (unpaired) electrons. The average molecular weight is 300 g/mol. The van der Waals surface area contributed by atoms with Crippen molar-refractivity contribution in [2.24, 2.45) is 0 Å². The molecule has 1 amide bonds. The Bertz CT molecular complexity index is 668. The summed E-state index contributed by atoms with van der Waals surface area (Å²) in [7, 11) is 1.65. The fourth-order valence-electron chi connectivity index (χ4n) is 2.71. The molecule has 0 atom stereocenters. The summed E-state index contributed by atoms with van der Waals surface area (Å²) < 4.78 is 10.7. The number of aromatic nitrogens is 1. The first-order chi connectivity index (χ1) is 10.7. The average Bonchev–Trinajstić information content (AvgIpc) is 2.98. The fourth-order valence-corrected chi connectivity index (χ4v) is 2.71. The van der Waals surface area contributed by atoms with E-state index in [9.17, 15) is 4.79 Å². The lowest BCUT2D eigenvalue weighted by atomic mass is 10.1. The van der Waals surface area contributed by atoms with Gasteiger partial charge in [-0.3, -0.25) is 4.79 Å². The summed E-state index contributed by atoms with van der Waals surface area (Å²) >= 11 is 0. The molecule has 0 spiro atoms. The molecule has 5 nitrogen and oxygen atoms in total. The van der Waals surface area contributed by atoms with Gasteiger partial charge in [0, 0.05) is 18.7 Å². The number of H-pyrrole nitrogens is 1. The lowest BCUT2D eigenvalue weighted by Crippen LogP contribution is -2.23. The molecule has 1 aliphatic rings. The minimum Gasteiger partial charge on any atom is -0.496 e. The van der Waals surface area contributed by atoms with Crippen molar-refractivity contribution in [3.05, 3.63) is 52.3 Å². The van der Waals surface area contributed by atoms with E-state index in [2.05, 4.69) is 10.3 Å². The van der Waals surface area contributed by atoms with Crippen molar-refractivity contribution < 1.29 is 14.3 Å². The molecule has 2 heterocycles. The van der Waals surface area contributed by atoms with Crippen LogP contribution in [0, 0.1) is 6.92 Å². The van der Waals surface area contributed by atoms with E-state index in [-0.39, 0.29) is 5.91 Å². The fraction of sp³-hybridized carbons (Fsp3) is 0.353. The van der Waals surface area contributed by atoms with Gasteiger partial charge in [-0.2, -0.15) is 0 Å². The minimum atomic E-state index is -0.100. The number of ether oxygens (including phenoxy) is 2. The van der Waals surface area contributed by atoms with E-state index in [4.69, 9.17) is 9.47 Å². The maximum Gasteiger partial charge on any atom is 0.267 e. The van der Waals surface area contributed by atoms with Crippen LogP contribution in [0.15, 0.2) is 24.3 Å². The van der Waals surface area contributed by atoms with E-state index < -0.39 is 0 Å². The molecular formula is C17H20N2O3. The molecule has 1 aromatic heterocycles. The van der Waals surface area contributed by atoms with Crippen LogP contribution in [0.3, 0.4) is 0 Å². The van der Waals surface area contributed by atoms with Crippen LogP contribution in [0.4, 0.5) is 0 Å². The van der Waals surface area contributed by atoms with Crippen molar-refractivity contribution in [1.29, 1.82) is 0 Å². The Morgan fingerprint density at radius 2 is 2.32 bits per heavy atom. The maximum atomic E-state index is 12.3. The number of hydrogen-bond donors (Lipinski definition) is 2. The van der Waals surface area contributed by atoms with Gasteiger partial charge in [-0.25, -0.2) is 0 Å². The zero-order chi connectivity index (χ0) is 15.5. The van der Waals surface area contributed by atoms with Gasteiger partial charge in [-0.05, 0) is 35.7 Å². The van der Waals surface area contributed by atoms with Gasteiger partial charge in [0.2, 0.25) is 0 Å². The van der Waals surface area contributed by atoms with Gasteiger partial charge in [0.15, 0.2) is 0 Å². The van der Waals surface area contributed by atoms with E-state index in [1.54, 1.807) is 7.11 Å². The van der Waals surface area contributed by atoms with Crippen LogP contribution in [0.2, 0.25) is 0 Å². The lowest BCUT2D eigenvalue weighted by Gasteiger charge is -2.11. The van der Waals surface area contributed by atoms with Gasteiger partial charge in [0.25, 0.3) is 5.91 Å². The summed E-state index contributed by atoms with van der Waals surface area (Å²) in [4.78, 5) is 15.5. The van der Waals surface area contributed by atoms with Crippen LogP contribution in [0.5, 0.6) is 5.75 Å². The second-order valence-corrected chi connectivity index (χ2v) is 5.42. The van der Waals surface area contributed by atoms with Crippen LogP contribution in [-0.4, -0.2) is 24.6 Å². The minimum absolute atomic E-state index is 0.100. The second kappa shape index (κ2) is 6.23. The maximum absolute atomic E-state index is 12.3. The topological polar surface area (TPSA) is 63.3 Å². The van der Waals surface area contributed by atoms with Crippen molar-refractivity contribution in [3.63, 3.8) is 0 Å². The Morgan fingerprint density at radius 1 is 1.45 bits per heavy atom. The monoisotopic (exact) mass is 300 g/mol. The Kier molecular flexibility index (Phi) is 4.15. The number of benzene rings is 1. The Balaban J connectivity index is 1.69. The summed E-state index contributed by atoms with van der Waals surface area (Å²) in [6.07, 6.45) is 0.831. The van der Waals surface area contributed by atoms with Gasteiger partial charge in [-0.1, -0.05) is 12.1 Å². The molecule has 1 aliphatic heterocycles. The number of carbonyl (C=O) groups is 1. The largest absolute Gasteiger partial charge is 0.496 e. The van der Waals surface area contributed by atoms with E-state index in [0.717, 1.165) is 34.6 Å². The highest BCUT2D eigenvalue weighted by Crippen LogP contribution is 2.21. The van der Waals surface area contributed by atoms with Gasteiger partial charge in [0.05, 0.1) is 20.3 Å². The first-order valence-corrected chi connectivity index (χ1v) is 7.38. The second-order valence-electron chi connectivity index (χ2n) is 5.42. The highest BCUT2D eigenvalue weighted by atomic mass is 16.5. The van der Waals surface area contributed by atoms with Crippen LogP contribution in [0.25, 0.3) is 0 Å². The number of methoxy groups -OCH3 is 1. The molecule has 0 saturated carbocycles. The number of aromatic amines is 1. The molecule has 0 bridgehead atoms. The van der Waals surface area contributed by atoms with Gasteiger partial charge in [0.1, 0.15) is 11.4 Å². The molecular weight excluding hydrogens is 280 g/mol. The van der Waals surface area contributed by atoms with Crippen molar-refractivity contribution in [3.8, 4) is 5.75 Å². The first-order valence-electron chi connectivity index (χ1n) is 7.38. The molecule has 116 valence electrons. The SMILES string of the molecule is COc1cccc(CNC(=O)c2cc3c([nH]2)CCOC3)c1C. The third-order valence-corrected chi connectivity index (χ3v) is 4.05. The third-order valence-electron chi connectivity index (χ3n) is 4.05. The molecule has 0 fully saturated rings. The number of nitrogens with one attached hydrogen (secondary N) is 2. The number of rotatable bonds is 4. The van der Waals surface area contributed by atoms with Gasteiger partial charge >= 0.3 is 0 Å². The number of carbonyl (C=O) groups excluding carboxylic acids is 1. The van der Waals surface area contributed by atoms with E-state index in [0.29, 0.717) is 25.5 Å². The molecule has 0 saturated heterocycles. The van der Waals surface area contributed by atoms with E-state index in [1.165, 1.54) is 0 Å². The van der Waals surface area contributed by atoms with Crippen LogP contribution in [-0.2, 0) is 24.3 Å². The summed E-state index contributed by atoms with van der Waals surface area (Å²) in [6, 6.07) is 7.71. The molecule has 5 heteroatoms. The molecule has 22 heavy (non-hydrogen) atoms. The van der Waals surface area contributed by atoms with Gasteiger partial charge < -0.3 is 19.8 Å². The van der Waals surface area contributed by atoms with E-state index in [1.807, 2.05) is 31.2 Å². The van der Waals surface area contributed by atoms with Crippen molar-refractivity contribution in [1.82, 2.24) is 10.3 Å². The van der Waals surface area contributed by atoms with Crippen molar-refractivity contribution in [2.75, 3.05) is 13.7 Å². The Morgan fingerprint density at radius 3 is 3.09 bits per heavy atom. The summed E-state index contributed by atoms with van der Waals surface area (Å²) in [5.74, 6) is 0.732. The lowest BCUT2D eigenvalue weighted by molar-refractivity contribution is 0.0946. The highest BCUT2D eigenvalue weighted by molar-refractivity contribution is 5.92. The molecule has 0 aliphatic carbocycles. The van der Waals surface area contributed by atoms with E-state index >= 15 is 0 Å². The van der Waals surface area contributed by atoms with Gasteiger partial charge in [-0.15, -0.1) is 0 Å². The highest BCUT2D eigenvalue weighted by Gasteiger charge is 2.16. The first kappa shape index (κ1) is 14.7. The predicted octanol–water partition coefficient (Wildman–Crippen LogP) is 2.33. The zero-order valence-electron chi connectivity index (χ0n) is 12.9. The molecule has 1 aromatic carbocycles. The van der Waals surface area contributed by atoms with Crippen LogP contribution in [0.1, 0.15) is 32.9 Å². The quantitative estimate of drug-likeness (QED) is 0.911. The van der Waals surface area contributed by atoms with Crippen molar-refractivity contribution >= 4 is 5.91 Å². The number of hydrogen-bond acceptors (Lipinski definition) is 3. The Hall–Kier alpha value is -2.27. The smallest absolute Gasteiger partial charge is 0.267 e. The Labute approximate surface area is 129 Å².